The van der Waals surface area contributed by atoms with Crippen molar-refractivity contribution in [1.29, 1.82) is 0 Å². The zero-order valence-electron chi connectivity index (χ0n) is 7.14. The zero-order valence-corrected chi connectivity index (χ0v) is 7.95. The minimum atomic E-state index is 0.679. The summed E-state index contributed by atoms with van der Waals surface area (Å²) in [4.78, 5) is 4.17. The van der Waals surface area contributed by atoms with Gasteiger partial charge in [0.15, 0.2) is 0 Å². The largest absolute Gasteiger partial charge is 0.353 e. The molecule has 13 heavy (non-hydrogen) atoms. The predicted octanol–water partition coefficient (Wildman–Crippen LogP) is 0.884. The van der Waals surface area contributed by atoms with Crippen LogP contribution in [0.5, 0.6) is 0 Å². The molecular formula is C7H9N5S. The van der Waals surface area contributed by atoms with Crippen molar-refractivity contribution in [2.24, 2.45) is 7.05 Å². The summed E-state index contributed by atoms with van der Waals surface area (Å²) in [6.07, 6.45) is 3.69. The van der Waals surface area contributed by atoms with Crippen LogP contribution in [0, 0.1) is 0 Å². The molecule has 0 fully saturated rings. The van der Waals surface area contributed by atoms with Gasteiger partial charge in [0.1, 0.15) is 11.3 Å². The van der Waals surface area contributed by atoms with Gasteiger partial charge in [-0.2, -0.15) is 0 Å². The first-order valence-corrected chi connectivity index (χ1v) is 4.70. The first-order valence-electron chi connectivity index (χ1n) is 3.82. The summed E-state index contributed by atoms with van der Waals surface area (Å²) in [5, 5.41) is 11.5. The minimum Gasteiger partial charge on any atom is -0.353 e. The van der Waals surface area contributed by atoms with E-state index in [4.69, 9.17) is 0 Å². The fourth-order valence-corrected chi connectivity index (χ4v) is 1.42. The van der Waals surface area contributed by atoms with Gasteiger partial charge in [-0.25, -0.2) is 4.98 Å². The van der Waals surface area contributed by atoms with Crippen molar-refractivity contribution in [2.75, 3.05) is 5.32 Å². The molecule has 68 valence electrons. The Kier molecular flexibility index (Phi) is 2.22. The van der Waals surface area contributed by atoms with E-state index in [2.05, 4.69) is 20.5 Å². The SMILES string of the molecule is Cn1ccnc1CNc1nncs1. The number of aromatic nitrogens is 4. The minimum absolute atomic E-state index is 0.679. The Labute approximate surface area is 79.5 Å². The molecule has 2 heterocycles. The molecule has 0 aromatic carbocycles. The van der Waals surface area contributed by atoms with Gasteiger partial charge < -0.3 is 9.88 Å². The molecule has 2 aromatic rings. The predicted molar refractivity (Wildman–Crippen MR) is 50.4 cm³/mol. The Hall–Kier alpha value is -1.43. The number of hydrogen-bond acceptors (Lipinski definition) is 5. The molecule has 5 nitrogen and oxygen atoms in total. The van der Waals surface area contributed by atoms with Crippen LogP contribution in [0.2, 0.25) is 0 Å². The molecule has 0 spiro atoms. The normalized spacial score (nSPS) is 10.2. The Morgan fingerprint density at radius 1 is 1.62 bits per heavy atom. The first kappa shape index (κ1) is 8.18. The third-order valence-corrected chi connectivity index (χ3v) is 2.33. The van der Waals surface area contributed by atoms with Gasteiger partial charge in [0.25, 0.3) is 0 Å². The second kappa shape index (κ2) is 3.53. The van der Waals surface area contributed by atoms with Crippen molar-refractivity contribution >= 4 is 16.5 Å². The molecule has 0 saturated heterocycles. The molecule has 0 radical (unpaired) electrons. The maximum Gasteiger partial charge on any atom is 0.205 e. The Bertz CT molecular complexity index is 366. The van der Waals surface area contributed by atoms with Gasteiger partial charge in [-0.05, 0) is 0 Å². The second-order valence-corrected chi connectivity index (χ2v) is 3.39. The maximum atomic E-state index is 4.17. The number of nitrogens with one attached hydrogen (secondary N) is 1. The van der Waals surface area contributed by atoms with E-state index in [1.165, 1.54) is 11.3 Å². The molecule has 0 saturated carbocycles. The van der Waals surface area contributed by atoms with E-state index in [0.29, 0.717) is 6.54 Å². The molecule has 0 unspecified atom stereocenters. The summed E-state index contributed by atoms with van der Waals surface area (Å²) >= 11 is 1.48. The average Bonchev–Trinajstić information content (AvgIpc) is 2.72. The molecule has 0 aliphatic rings. The van der Waals surface area contributed by atoms with E-state index in [1.54, 1.807) is 11.7 Å². The maximum absolute atomic E-state index is 4.17. The van der Waals surface area contributed by atoms with Crippen LogP contribution < -0.4 is 5.32 Å². The average molecular weight is 195 g/mol. The van der Waals surface area contributed by atoms with Crippen molar-refractivity contribution in [3.63, 3.8) is 0 Å². The summed E-state index contributed by atoms with van der Waals surface area (Å²) < 4.78 is 1.97. The van der Waals surface area contributed by atoms with Crippen molar-refractivity contribution in [1.82, 2.24) is 19.7 Å². The standard InChI is InChI=1S/C7H9N5S/c1-12-3-2-8-6(12)4-9-7-11-10-5-13-7/h2-3,5H,4H2,1H3,(H,9,11). The monoisotopic (exact) mass is 195 g/mol. The highest BCUT2D eigenvalue weighted by molar-refractivity contribution is 7.13. The van der Waals surface area contributed by atoms with Crippen LogP contribution in [-0.2, 0) is 13.6 Å². The number of imidazole rings is 1. The van der Waals surface area contributed by atoms with Crippen LogP contribution in [0.1, 0.15) is 5.82 Å². The van der Waals surface area contributed by atoms with Gasteiger partial charge in [0.05, 0.1) is 6.54 Å². The third kappa shape index (κ3) is 1.83. The fraction of sp³-hybridized carbons (Fsp3) is 0.286. The lowest BCUT2D eigenvalue weighted by Gasteiger charge is -2.01. The molecule has 2 rings (SSSR count). The van der Waals surface area contributed by atoms with Crippen molar-refractivity contribution in [3.8, 4) is 0 Å². The second-order valence-electron chi connectivity index (χ2n) is 2.55. The highest BCUT2D eigenvalue weighted by Crippen LogP contribution is 2.08. The highest BCUT2D eigenvalue weighted by atomic mass is 32.1. The number of aryl methyl sites for hydroxylation is 1. The third-order valence-electron chi connectivity index (χ3n) is 1.68. The lowest BCUT2D eigenvalue weighted by molar-refractivity contribution is 0.811. The van der Waals surface area contributed by atoms with Crippen LogP contribution in [0.4, 0.5) is 5.13 Å². The molecule has 0 bridgehead atoms. The van der Waals surface area contributed by atoms with Crippen molar-refractivity contribution in [2.45, 2.75) is 6.54 Å². The summed E-state index contributed by atoms with van der Waals surface area (Å²) in [5.74, 6) is 0.982. The number of rotatable bonds is 3. The highest BCUT2D eigenvalue weighted by Gasteiger charge is 1.99. The fourth-order valence-electron chi connectivity index (χ4n) is 0.972. The first-order chi connectivity index (χ1) is 6.36. The molecular weight excluding hydrogens is 186 g/mol. The lowest BCUT2D eigenvalue weighted by Crippen LogP contribution is -2.05. The van der Waals surface area contributed by atoms with Crippen LogP contribution in [0.15, 0.2) is 17.9 Å². The van der Waals surface area contributed by atoms with Crippen molar-refractivity contribution in [3.05, 3.63) is 23.7 Å². The molecule has 0 aliphatic heterocycles. The quantitative estimate of drug-likeness (QED) is 0.790. The summed E-state index contributed by atoms with van der Waals surface area (Å²) in [6.45, 7) is 0.679. The number of anilines is 1. The number of hydrogen-bond donors (Lipinski definition) is 1. The molecule has 0 atom stereocenters. The van der Waals surface area contributed by atoms with Gasteiger partial charge in [0.2, 0.25) is 5.13 Å². The van der Waals surface area contributed by atoms with E-state index in [9.17, 15) is 0 Å². The molecule has 0 aliphatic carbocycles. The Morgan fingerprint density at radius 3 is 3.15 bits per heavy atom. The van der Waals surface area contributed by atoms with Crippen LogP contribution in [-0.4, -0.2) is 19.7 Å². The summed E-state index contributed by atoms with van der Waals surface area (Å²) in [7, 11) is 1.96. The lowest BCUT2D eigenvalue weighted by atomic mass is 10.6. The van der Waals surface area contributed by atoms with E-state index in [-0.39, 0.29) is 0 Å². The number of nitrogens with zero attached hydrogens (tertiary/aromatic N) is 4. The van der Waals surface area contributed by atoms with Crippen LogP contribution >= 0.6 is 11.3 Å². The van der Waals surface area contributed by atoms with E-state index in [1.807, 2.05) is 17.8 Å². The van der Waals surface area contributed by atoms with Gasteiger partial charge in [-0.15, -0.1) is 10.2 Å². The topological polar surface area (TPSA) is 55.6 Å². The Morgan fingerprint density at radius 2 is 2.54 bits per heavy atom. The van der Waals surface area contributed by atoms with E-state index >= 15 is 0 Å². The van der Waals surface area contributed by atoms with Gasteiger partial charge in [0, 0.05) is 19.4 Å². The van der Waals surface area contributed by atoms with Crippen LogP contribution in [0.3, 0.4) is 0 Å². The van der Waals surface area contributed by atoms with E-state index in [0.717, 1.165) is 11.0 Å². The van der Waals surface area contributed by atoms with Gasteiger partial charge in [-0.3, -0.25) is 0 Å². The van der Waals surface area contributed by atoms with Gasteiger partial charge >= 0.3 is 0 Å². The summed E-state index contributed by atoms with van der Waals surface area (Å²) in [6, 6.07) is 0. The van der Waals surface area contributed by atoms with Gasteiger partial charge in [-0.1, -0.05) is 11.3 Å². The zero-order chi connectivity index (χ0) is 9.10. The molecule has 2 aromatic heterocycles. The smallest absolute Gasteiger partial charge is 0.205 e. The van der Waals surface area contributed by atoms with E-state index < -0.39 is 0 Å². The molecule has 1 N–H and O–H groups in total. The molecule has 0 amide bonds. The Balaban J connectivity index is 1.97. The van der Waals surface area contributed by atoms with Crippen molar-refractivity contribution < 1.29 is 0 Å². The summed E-state index contributed by atoms with van der Waals surface area (Å²) in [5.41, 5.74) is 1.70. The molecule has 6 heteroatoms. The van der Waals surface area contributed by atoms with Crippen LogP contribution in [0.25, 0.3) is 0 Å².